The van der Waals surface area contributed by atoms with E-state index in [1.807, 2.05) is 54.6 Å². The minimum atomic E-state index is -0.738. The van der Waals surface area contributed by atoms with Crippen LogP contribution in [0.3, 0.4) is 0 Å². The number of hydrogen-bond donors (Lipinski definition) is 4. The molecule has 0 radical (unpaired) electrons. The van der Waals surface area contributed by atoms with Crippen LogP contribution in [-0.2, 0) is 30.5 Å². The van der Waals surface area contributed by atoms with Gasteiger partial charge in [0.25, 0.3) is 11.8 Å². The number of fused-ring (bicyclic) bond motifs is 3. The normalized spacial score (nSPS) is 13.3. The number of carbonyl (C=O) groups excluding carboxylic acids is 5. The van der Waals surface area contributed by atoms with Gasteiger partial charge in [0.2, 0.25) is 5.91 Å². The summed E-state index contributed by atoms with van der Waals surface area (Å²) >= 11 is 0. The number of anilines is 1. The molecule has 0 saturated carbocycles. The van der Waals surface area contributed by atoms with E-state index >= 15 is 0 Å². The maximum Gasteiger partial charge on any atom is 0.407 e. The third-order valence-corrected chi connectivity index (χ3v) is 19.3. The number of likely N-dealkylation sites (tertiary alicyclic amines) is 1. The van der Waals surface area contributed by atoms with Crippen molar-refractivity contribution in [1.29, 1.82) is 0 Å². The Hall–Kier alpha value is -6.57. The fraction of sp³-hybridized carbons (Fsp3) is 0.646. The van der Waals surface area contributed by atoms with Gasteiger partial charge in [-0.15, -0.1) is 0 Å². The Labute approximate surface area is 579 Å². The Kier molecular flexibility index (Phi) is 40.7. The quantitative estimate of drug-likeness (QED) is 0.0189. The van der Waals surface area contributed by atoms with Crippen molar-refractivity contribution in [3.05, 3.63) is 113 Å². The van der Waals surface area contributed by atoms with Gasteiger partial charge in [-0.1, -0.05) is 306 Å². The van der Waals surface area contributed by atoms with Crippen molar-refractivity contribution in [2.24, 2.45) is 0 Å². The Morgan fingerprint density at radius 3 is 1.31 bits per heavy atom. The molecule has 1 aliphatic carbocycles. The van der Waals surface area contributed by atoms with Gasteiger partial charge in [-0.2, -0.15) is 0 Å². The Balaban J connectivity index is 0.839. The molecule has 4 aromatic carbocycles. The first-order chi connectivity index (χ1) is 47.2. The zero-order valence-electron chi connectivity index (χ0n) is 59.6. The summed E-state index contributed by atoms with van der Waals surface area (Å²) in [5.74, 6) is -0.572. The zero-order chi connectivity index (χ0) is 67.7. The van der Waals surface area contributed by atoms with E-state index in [2.05, 4.69) is 47.5 Å². The molecular weight excluding hydrogens is 1200 g/mol. The van der Waals surface area contributed by atoms with Crippen LogP contribution in [0, 0.1) is 0 Å². The van der Waals surface area contributed by atoms with Crippen molar-refractivity contribution in [2.75, 3.05) is 44.9 Å². The summed E-state index contributed by atoms with van der Waals surface area (Å²) in [6.07, 6.45) is 54.1. The van der Waals surface area contributed by atoms with Crippen molar-refractivity contribution < 1.29 is 42.9 Å². The first-order valence-corrected chi connectivity index (χ1v) is 38.6. The fourth-order valence-electron chi connectivity index (χ4n) is 13.6. The van der Waals surface area contributed by atoms with Gasteiger partial charge < -0.3 is 34.5 Å². The molecule has 6 rings (SSSR count). The molecule has 4 aromatic rings. The van der Waals surface area contributed by atoms with Crippen molar-refractivity contribution >= 4 is 35.5 Å². The summed E-state index contributed by atoms with van der Waals surface area (Å²) in [7, 11) is 0. The van der Waals surface area contributed by atoms with Crippen molar-refractivity contribution in [3.63, 3.8) is 0 Å². The highest BCUT2D eigenvalue weighted by molar-refractivity contribution is 5.96. The van der Waals surface area contributed by atoms with Gasteiger partial charge in [0.05, 0.1) is 18.9 Å². The highest BCUT2D eigenvalue weighted by Gasteiger charge is 2.35. The molecule has 14 nitrogen and oxygen atoms in total. The molecule has 0 unspecified atom stereocenters. The molecule has 4 N–H and O–H groups in total. The fourth-order valence-corrected chi connectivity index (χ4v) is 13.6. The smallest absolute Gasteiger partial charge is 0.407 e. The summed E-state index contributed by atoms with van der Waals surface area (Å²) in [6, 6.07) is 27.6. The average Bonchev–Trinajstić information content (AvgIpc) is 1.63. The van der Waals surface area contributed by atoms with E-state index < -0.39 is 35.8 Å². The SMILES string of the molecule is CCCCCCCCCCCCCCCCCCCCCCOc1cc(COC(=O)CNC(=O)c2ccc(NNC(=O)[C@@H]3CCCN3C(=O)CNC(=O)OCC3c4ccccc4-c4ccccc43)cc2)cc(OCCCCCCCCCCCCCCCCCCCCCC)c1. The molecule has 1 atom stereocenters. The first kappa shape index (κ1) is 78.4. The molecule has 14 heteroatoms. The van der Waals surface area contributed by atoms with Crippen LogP contribution in [0.1, 0.15) is 316 Å². The number of alkyl carbamates (subject to hydrolysis) is 1. The molecule has 1 saturated heterocycles. The lowest BCUT2D eigenvalue weighted by atomic mass is 9.98. The van der Waals surface area contributed by atoms with Gasteiger partial charge in [-0.3, -0.25) is 30.0 Å². The first-order valence-electron chi connectivity index (χ1n) is 38.6. The van der Waals surface area contributed by atoms with Crippen LogP contribution in [0.15, 0.2) is 91.0 Å². The predicted molar refractivity (Wildman–Crippen MR) is 392 cm³/mol. The van der Waals surface area contributed by atoms with E-state index in [1.165, 1.54) is 236 Å². The second-order valence-electron chi connectivity index (χ2n) is 27.4. The Morgan fingerprint density at radius 2 is 0.875 bits per heavy atom. The second-order valence-corrected chi connectivity index (χ2v) is 27.4. The maximum atomic E-state index is 13.3. The summed E-state index contributed by atoms with van der Waals surface area (Å²) in [5, 5.41) is 5.23. The zero-order valence-corrected chi connectivity index (χ0v) is 59.6. The number of esters is 1. The standard InChI is InChI=1S/C82H125N5O9/c1-3-5-7-9-11-13-15-17-19-21-23-25-27-29-31-33-35-37-39-45-58-93-70-60-67(61-71(62-70)94-59-46-40-38-36-34-32-30-28-26-24-22-20-18-16-14-12-10-8-6-4-2)65-95-79(89)64-83-80(90)68-53-55-69(56-54-68)85-86-81(91)77-52-47-57-87(77)78(88)63-84-82(92)96-66-76-74-50-43-41-48-72(74)73-49-42-44-51-75(73)76/h41-44,48-51,53-56,60-62,76-77,85H,3-40,45-47,52,57-59,63-66H2,1-2H3,(H,83,90)(H,84,92)(H,86,91)/t77-/m0/s1. The number of carbonyl (C=O) groups is 5. The van der Waals surface area contributed by atoms with Gasteiger partial charge in [0.1, 0.15) is 43.8 Å². The summed E-state index contributed by atoms with van der Waals surface area (Å²) in [4.78, 5) is 67.1. The van der Waals surface area contributed by atoms with E-state index in [1.54, 1.807) is 24.3 Å². The average molecular weight is 1320 g/mol. The minimum Gasteiger partial charge on any atom is -0.493 e. The molecule has 532 valence electrons. The third-order valence-electron chi connectivity index (χ3n) is 19.3. The molecule has 96 heavy (non-hydrogen) atoms. The minimum absolute atomic E-state index is 0.00205. The van der Waals surface area contributed by atoms with Crippen LogP contribution in [0.25, 0.3) is 11.1 Å². The van der Waals surface area contributed by atoms with Crippen molar-refractivity contribution in [1.82, 2.24) is 21.0 Å². The second kappa shape index (κ2) is 49.9. The number of benzene rings is 4. The number of ether oxygens (including phenoxy) is 4. The lowest BCUT2D eigenvalue weighted by molar-refractivity contribution is -0.143. The summed E-state index contributed by atoms with van der Waals surface area (Å²) in [6.45, 7) is 5.64. The molecule has 1 aliphatic heterocycles. The summed E-state index contributed by atoms with van der Waals surface area (Å²) in [5.41, 5.74) is 11.5. The molecule has 0 aromatic heterocycles. The van der Waals surface area contributed by atoms with Gasteiger partial charge in [-0.05, 0) is 89.9 Å². The van der Waals surface area contributed by atoms with E-state index in [4.69, 9.17) is 18.9 Å². The monoisotopic (exact) mass is 1320 g/mol. The van der Waals surface area contributed by atoms with E-state index in [0.29, 0.717) is 55.4 Å². The topological polar surface area (TPSA) is 174 Å². The largest absolute Gasteiger partial charge is 0.493 e. The van der Waals surface area contributed by atoms with Gasteiger partial charge in [-0.25, -0.2) is 4.79 Å². The Morgan fingerprint density at radius 1 is 0.458 bits per heavy atom. The number of nitrogens with one attached hydrogen (secondary N) is 4. The highest BCUT2D eigenvalue weighted by Crippen LogP contribution is 2.44. The van der Waals surface area contributed by atoms with E-state index in [-0.39, 0.29) is 32.2 Å². The van der Waals surface area contributed by atoms with Crippen LogP contribution in [0.2, 0.25) is 0 Å². The van der Waals surface area contributed by atoms with Gasteiger partial charge in [0.15, 0.2) is 0 Å². The van der Waals surface area contributed by atoms with Gasteiger partial charge >= 0.3 is 12.1 Å². The number of nitrogens with zero attached hydrogens (tertiary/aromatic N) is 1. The molecule has 0 bridgehead atoms. The van der Waals surface area contributed by atoms with Crippen LogP contribution in [0.4, 0.5) is 10.5 Å². The molecule has 0 spiro atoms. The maximum absolute atomic E-state index is 13.3. The molecule has 4 amide bonds. The van der Waals surface area contributed by atoms with Crippen LogP contribution in [-0.4, -0.2) is 80.2 Å². The van der Waals surface area contributed by atoms with Crippen LogP contribution >= 0.6 is 0 Å². The molecule has 1 fully saturated rings. The number of amides is 4. The highest BCUT2D eigenvalue weighted by atomic mass is 16.5. The van der Waals surface area contributed by atoms with E-state index in [0.717, 1.165) is 53.5 Å². The lowest BCUT2D eigenvalue weighted by Crippen LogP contribution is -2.50. The van der Waals surface area contributed by atoms with E-state index in [9.17, 15) is 24.0 Å². The predicted octanol–water partition coefficient (Wildman–Crippen LogP) is 20.5. The number of hydrazine groups is 1. The number of hydrogen-bond acceptors (Lipinski definition) is 10. The van der Waals surface area contributed by atoms with Crippen LogP contribution in [0.5, 0.6) is 11.5 Å². The summed E-state index contributed by atoms with van der Waals surface area (Å²) < 4.78 is 23.9. The molecular formula is C82H125N5O9. The Bertz CT molecular complexity index is 2660. The van der Waals surface area contributed by atoms with Crippen molar-refractivity contribution in [2.45, 2.75) is 302 Å². The lowest BCUT2D eigenvalue weighted by Gasteiger charge is -2.24. The number of unbranched alkanes of at least 4 members (excludes halogenated alkanes) is 38. The molecule has 2 aliphatic rings. The van der Waals surface area contributed by atoms with Crippen LogP contribution < -0.4 is 31.0 Å². The van der Waals surface area contributed by atoms with Gasteiger partial charge in [0, 0.05) is 24.1 Å². The molecule has 1 heterocycles. The van der Waals surface area contributed by atoms with Crippen molar-refractivity contribution in [3.8, 4) is 22.6 Å². The third kappa shape index (κ3) is 32.2. The number of rotatable bonds is 56.